The fraction of sp³-hybridized carbons (Fsp3) is 0.836. The van der Waals surface area contributed by atoms with Crippen LogP contribution in [0.1, 0.15) is 258 Å². The summed E-state index contributed by atoms with van der Waals surface area (Å²) >= 11 is 0. The van der Waals surface area contributed by atoms with Crippen molar-refractivity contribution in [1.82, 2.24) is 0 Å². The number of ether oxygens (including phenoxy) is 2. The molecular formula is C55H104NO7P. The molecule has 2 unspecified atom stereocenters. The van der Waals surface area contributed by atoms with Crippen LogP contribution >= 0.6 is 7.82 Å². The van der Waals surface area contributed by atoms with Crippen LogP contribution in [-0.2, 0) is 27.9 Å². The largest absolute Gasteiger partial charge is 0.472 e. The van der Waals surface area contributed by atoms with Crippen LogP contribution in [0.2, 0.25) is 0 Å². The maximum Gasteiger partial charge on any atom is 0.472 e. The fourth-order valence-electron chi connectivity index (χ4n) is 7.71. The summed E-state index contributed by atoms with van der Waals surface area (Å²) in [6.45, 7) is 4.93. The van der Waals surface area contributed by atoms with Gasteiger partial charge in [0.2, 0.25) is 0 Å². The van der Waals surface area contributed by atoms with Gasteiger partial charge in [0.15, 0.2) is 0 Å². The van der Waals surface area contributed by atoms with Crippen molar-refractivity contribution in [3.05, 3.63) is 48.6 Å². The zero-order valence-corrected chi connectivity index (χ0v) is 42.9. The number of phosphoric ester groups is 1. The molecule has 0 aromatic rings. The number of esters is 1. The fourth-order valence-corrected chi connectivity index (χ4v) is 8.47. The molecule has 0 aliphatic carbocycles. The van der Waals surface area contributed by atoms with E-state index >= 15 is 0 Å². The highest BCUT2D eigenvalue weighted by Gasteiger charge is 2.25. The van der Waals surface area contributed by atoms with Crippen molar-refractivity contribution in [3.8, 4) is 0 Å². The summed E-state index contributed by atoms with van der Waals surface area (Å²) in [5.41, 5.74) is 5.40. The molecule has 64 heavy (non-hydrogen) atoms. The van der Waals surface area contributed by atoms with E-state index in [-0.39, 0.29) is 32.3 Å². The van der Waals surface area contributed by atoms with E-state index in [0.29, 0.717) is 13.0 Å². The SMILES string of the molecule is CCCCCCC/C=C\C/C=C\C/C=C\CCCCCCCCCCC(=O)OC(COCCCCCCCCCCCC/C=C\CCCCCCCCCC)COP(=O)(O)OCCN. The molecule has 3 N–H and O–H groups in total. The molecule has 0 saturated heterocycles. The van der Waals surface area contributed by atoms with Gasteiger partial charge in [-0.25, -0.2) is 4.57 Å². The first kappa shape index (κ1) is 62.5. The maximum absolute atomic E-state index is 12.7. The van der Waals surface area contributed by atoms with Gasteiger partial charge in [-0.15, -0.1) is 0 Å². The molecule has 0 heterocycles. The minimum Gasteiger partial charge on any atom is -0.457 e. The van der Waals surface area contributed by atoms with Crippen LogP contribution in [0, 0.1) is 0 Å². The molecule has 0 rings (SSSR count). The highest BCUT2D eigenvalue weighted by molar-refractivity contribution is 7.47. The summed E-state index contributed by atoms with van der Waals surface area (Å²) in [6, 6.07) is 0. The molecule has 0 aromatic heterocycles. The van der Waals surface area contributed by atoms with Gasteiger partial charge in [0.05, 0.1) is 19.8 Å². The Morgan fingerprint density at radius 3 is 1.25 bits per heavy atom. The molecule has 8 nitrogen and oxygen atoms in total. The second-order valence-electron chi connectivity index (χ2n) is 18.1. The molecule has 0 fully saturated rings. The zero-order chi connectivity index (χ0) is 46.5. The first-order valence-corrected chi connectivity index (χ1v) is 28.6. The van der Waals surface area contributed by atoms with E-state index in [4.69, 9.17) is 24.3 Å². The quantitative estimate of drug-likeness (QED) is 0.0268. The second-order valence-corrected chi connectivity index (χ2v) is 19.5. The molecule has 0 radical (unpaired) electrons. The van der Waals surface area contributed by atoms with Crippen molar-refractivity contribution in [1.29, 1.82) is 0 Å². The Kier molecular flexibility index (Phi) is 51.2. The highest BCUT2D eigenvalue weighted by atomic mass is 31.2. The lowest BCUT2D eigenvalue weighted by atomic mass is 10.1. The zero-order valence-electron chi connectivity index (χ0n) is 42.0. The number of hydrogen-bond acceptors (Lipinski definition) is 7. The van der Waals surface area contributed by atoms with E-state index in [1.54, 1.807) is 0 Å². The van der Waals surface area contributed by atoms with Crippen LogP contribution in [0.25, 0.3) is 0 Å². The van der Waals surface area contributed by atoms with E-state index in [9.17, 15) is 14.3 Å². The third-order valence-electron chi connectivity index (χ3n) is 11.7. The molecule has 0 bridgehead atoms. The van der Waals surface area contributed by atoms with Gasteiger partial charge in [0, 0.05) is 19.6 Å². The number of rotatable bonds is 52. The molecule has 2 atom stereocenters. The molecule has 0 aliphatic heterocycles. The van der Waals surface area contributed by atoms with Gasteiger partial charge < -0.3 is 20.1 Å². The third-order valence-corrected chi connectivity index (χ3v) is 12.7. The van der Waals surface area contributed by atoms with Gasteiger partial charge in [-0.1, -0.05) is 223 Å². The molecular weight excluding hydrogens is 818 g/mol. The Hall–Kier alpha value is -1.54. The first-order valence-electron chi connectivity index (χ1n) is 27.1. The summed E-state index contributed by atoms with van der Waals surface area (Å²) in [5, 5.41) is 0. The van der Waals surface area contributed by atoms with E-state index in [0.717, 1.165) is 51.4 Å². The van der Waals surface area contributed by atoms with Crippen LogP contribution < -0.4 is 5.73 Å². The molecule has 376 valence electrons. The van der Waals surface area contributed by atoms with Crippen LogP contribution in [0.3, 0.4) is 0 Å². The Morgan fingerprint density at radius 2 is 0.828 bits per heavy atom. The van der Waals surface area contributed by atoms with Crippen molar-refractivity contribution < 1.29 is 32.8 Å². The average molecular weight is 922 g/mol. The van der Waals surface area contributed by atoms with Gasteiger partial charge in [-0.2, -0.15) is 0 Å². The van der Waals surface area contributed by atoms with Gasteiger partial charge in [0.1, 0.15) is 6.10 Å². The molecule has 0 saturated carbocycles. The van der Waals surface area contributed by atoms with Crippen LogP contribution in [0.15, 0.2) is 48.6 Å². The lowest BCUT2D eigenvalue weighted by molar-refractivity contribution is -0.154. The smallest absolute Gasteiger partial charge is 0.457 e. The number of nitrogens with two attached hydrogens (primary N) is 1. The number of hydrogen-bond donors (Lipinski definition) is 2. The number of phosphoric acid groups is 1. The summed E-state index contributed by atoms with van der Waals surface area (Å²) < 4.78 is 33.6. The molecule has 0 amide bonds. The minimum absolute atomic E-state index is 0.0978. The lowest BCUT2D eigenvalue weighted by Gasteiger charge is -2.20. The van der Waals surface area contributed by atoms with Crippen molar-refractivity contribution in [3.63, 3.8) is 0 Å². The van der Waals surface area contributed by atoms with E-state index in [1.165, 1.54) is 186 Å². The lowest BCUT2D eigenvalue weighted by Crippen LogP contribution is -2.28. The summed E-state index contributed by atoms with van der Waals surface area (Å²) in [7, 11) is -4.29. The molecule has 9 heteroatoms. The summed E-state index contributed by atoms with van der Waals surface area (Å²) in [4.78, 5) is 22.6. The Bertz CT molecular complexity index is 1130. The van der Waals surface area contributed by atoms with Crippen LogP contribution in [0.5, 0.6) is 0 Å². The standard InChI is InChI=1S/C55H104NO7P/c1-3-5-7-9-11-13-15-17-19-21-23-25-27-28-30-32-34-36-38-40-42-44-46-48-55(57)63-54(53-62-64(58,59)61-51-49-56)52-60-50-47-45-43-41-39-37-35-33-31-29-26-24-22-20-18-16-14-12-10-8-6-4-2/h15,17,21-24,27-28,54H,3-14,16,18-20,25-26,29-53,56H2,1-2H3,(H,58,59)/b17-15-,23-21-,24-22-,28-27-. The van der Waals surface area contributed by atoms with Crippen LogP contribution in [-0.4, -0.2) is 49.9 Å². The Morgan fingerprint density at radius 1 is 0.469 bits per heavy atom. The molecule has 0 aromatic carbocycles. The molecule has 0 spiro atoms. The van der Waals surface area contributed by atoms with E-state index < -0.39 is 13.9 Å². The van der Waals surface area contributed by atoms with Crippen molar-refractivity contribution >= 4 is 13.8 Å². The number of carbonyl (C=O) groups is 1. The van der Waals surface area contributed by atoms with Crippen molar-refractivity contribution in [2.75, 3.05) is 33.0 Å². The van der Waals surface area contributed by atoms with Crippen LogP contribution in [0.4, 0.5) is 0 Å². The van der Waals surface area contributed by atoms with E-state index in [1.807, 2.05) is 0 Å². The van der Waals surface area contributed by atoms with Crippen molar-refractivity contribution in [2.45, 2.75) is 264 Å². The Labute approximate surface area is 396 Å². The van der Waals surface area contributed by atoms with Gasteiger partial charge >= 0.3 is 13.8 Å². The number of carbonyl (C=O) groups excluding carboxylic acids is 1. The topological polar surface area (TPSA) is 117 Å². The van der Waals surface area contributed by atoms with Gasteiger partial charge in [-0.3, -0.25) is 13.8 Å². The monoisotopic (exact) mass is 922 g/mol. The predicted octanol–water partition coefficient (Wildman–Crippen LogP) is 17.1. The average Bonchev–Trinajstić information content (AvgIpc) is 3.29. The second kappa shape index (κ2) is 52.4. The third kappa shape index (κ3) is 51.4. The maximum atomic E-state index is 12.7. The van der Waals surface area contributed by atoms with Gasteiger partial charge in [0.25, 0.3) is 0 Å². The highest BCUT2D eigenvalue weighted by Crippen LogP contribution is 2.43. The Balaban J connectivity index is 3.94. The molecule has 0 aliphatic rings. The first-order chi connectivity index (χ1) is 31.4. The summed E-state index contributed by atoms with van der Waals surface area (Å²) in [5.74, 6) is -0.335. The summed E-state index contributed by atoms with van der Waals surface area (Å²) in [6.07, 6.45) is 64.3. The van der Waals surface area contributed by atoms with E-state index in [2.05, 4.69) is 62.5 Å². The number of unbranched alkanes of at least 4 members (excludes halogenated alkanes) is 31. The van der Waals surface area contributed by atoms with Crippen molar-refractivity contribution in [2.24, 2.45) is 5.73 Å². The normalized spacial score (nSPS) is 13.6. The minimum atomic E-state index is -4.29. The predicted molar refractivity (Wildman–Crippen MR) is 275 cm³/mol. The van der Waals surface area contributed by atoms with Gasteiger partial charge in [-0.05, 0) is 77.0 Å². The number of allylic oxidation sites excluding steroid dienone is 8.